The van der Waals surface area contributed by atoms with Gasteiger partial charge >= 0.3 is 0 Å². The van der Waals surface area contributed by atoms with Gasteiger partial charge in [0.2, 0.25) is 0 Å². The Morgan fingerprint density at radius 3 is 2.21 bits per heavy atom. The molecule has 0 aliphatic rings. The first-order valence-corrected chi connectivity index (χ1v) is 6.71. The van der Waals surface area contributed by atoms with Gasteiger partial charge in [-0.05, 0) is 26.3 Å². The Hall–Kier alpha value is -1.36. The van der Waals surface area contributed by atoms with E-state index in [0.717, 1.165) is 24.7 Å². The molecule has 0 fully saturated rings. The Kier molecular flexibility index (Phi) is 5.11. The van der Waals surface area contributed by atoms with Gasteiger partial charge in [0.15, 0.2) is 0 Å². The predicted octanol–water partition coefficient (Wildman–Crippen LogP) is 2.34. The summed E-state index contributed by atoms with van der Waals surface area (Å²) in [5, 5.41) is 9.91. The minimum atomic E-state index is -0.0512. The number of hydrogen-bond donors (Lipinski definition) is 3. The molecule has 0 saturated heterocycles. The lowest BCUT2D eigenvalue weighted by Gasteiger charge is -2.26. The SMILES string of the molecule is CNCC(C)(C)Nc1cc(NCC(C)(C)C)ncn1. The van der Waals surface area contributed by atoms with Crippen LogP contribution >= 0.6 is 0 Å². The number of hydrogen-bond acceptors (Lipinski definition) is 5. The van der Waals surface area contributed by atoms with Crippen LogP contribution < -0.4 is 16.0 Å². The van der Waals surface area contributed by atoms with E-state index in [9.17, 15) is 0 Å². The molecule has 5 heteroatoms. The van der Waals surface area contributed by atoms with Gasteiger partial charge in [-0.25, -0.2) is 9.97 Å². The highest BCUT2D eigenvalue weighted by molar-refractivity contribution is 5.47. The zero-order valence-corrected chi connectivity index (χ0v) is 13.0. The molecule has 0 atom stereocenters. The van der Waals surface area contributed by atoms with Crippen LogP contribution in [0.2, 0.25) is 0 Å². The summed E-state index contributed by atoms with van der Waals surface area (Å²) in [6.45, 7) is 12.6. The summed E-state index contributed by atoms with van der Waals surface area (Å²) in [6, 6.07) is 1.95. The van der Waals surface area contributed by atoms with E-state index < -0.39 is 0 Å². The number of aromatic nitrogens is 2. The monoisotopic (exact) mass is 265 g/mol. The Morgan fingerprint density at radius 2 is 1.63 bits per heavy atom. The fourth-order valence-electron chi connectivity index (χ4n) is 1.71. The first-order chi connectivity index (χ1) is 8.72. The molecule has 0 aromatic carbocycles. The van der Waals surface area contributed by atoms with Crippen molar-refractivity contribution in [2.24, 2.45) is 5.41 Å². The standard InChI is InChI=1S/C14H27N5/c1-13(2,3)8-16-11-7-12(18-10-17-11)19-14(4,5)9-15-6/h7,10,15H,8-9H2,1-6H3,(H2,16,17,18,19). The smallest absolute Gasteiger partial charge is 0.131 e. The Balaban J connectivity index is 2.67. The highest BCUT2D eigenvalue weighted by Gasteiger charge is 2.17. The second-order valence-electron chi connectivity index (χ2n) is 6.74. The molecule has 0 aliphatic carbocycles. The highest BCUT2D eigenvalue weighted by atomic mass is 15.1. The minimum absolute atomic E-state index is 0.0512. The van der Waals surface area contributed by atoms with Crippen LogP contribution in [0.5, 0.6) is 0 Å². The van der Waals surface area contributed by atoms with Crippen molar-refractivity contribution in [1.82, 2.24) is 15.3 Å². The van der Waals surface area contributed by atoms with Crippen LogP contribution in [0.3, 0.4) is 0 Å². The van der Waals surface area contributed by atoms with Crippen LogP contribution in [-0.2, 0) is 0 Å². The topological polar surface area (TPSA) is 61.9 Å². The molecule has 1 aromatic heterocycles. The maximum Gasteiger partial charge on any atom is 0.131 e. The van der Waals surface area contributed by atoms with Gasteiger partial charge in [0, 0.05) is 24.7 Å². The number of nitrogens with zero attached hydrogens (tertiary/aromatic N) is 2. The summed E-state index contributed by atoms with van der Waals surface area (Å²) in [6.07, 6.45) is 1.59. The molecular weight excluding hydrogens is 238 g/mol. The van der Waals surface area contributed by atoms with Gasteiger partial charge in [-0.3, -0.25) is 0 Å². The summed E-state index contributed by atoms with van der Waals surface area (Å²) in [5.41, 5.74) is 0.175. The van der Waals surface area contributed by atoms with Crippen molar-refractivity contribution in [2.75, 3.05) is 30.8 Å². The molecule has 3 N–H and O–H groups in total. The summed E-state index contributed by atoms with van der Waals surface area (Å²) < 4.78 is 0. The molecule has 19 heavy (non-hydrogen) atoms. The van der Waals surface area contributed by atoms with E-state index in [2.05, 4.69) is 60.5 Å². The second-order valence-corrected chi connectivity index (χ2v) is 6.74. The molecule has 0 radical (unpaired) electrons. The average molecular weight is 265 g/mol. The van der Waals surface area contributed by atoms with Crippen LogP contribution in [-0.4, -0.2) is 35.6 Å². The lowest BCUT2D eigenvalue weighted by atomic mass is 9.97. The predicted molar refractivity (Wildman–Crippen MR) is 81.6 cm³/mol. The van der Waals surface area contributed by atoms with Crippen molar-refractivity contribution in [3.63, 3.8) is 0 Å². The van der Waals surface area contributed by atoms with Crippen LogP contribution in [0, 0.1) is 5.41 Å². The molecular formula is C14H27N5. The molecule has 1 rings (SSSR count). The summed E-state index contributed by atoms with van der Waals surface area (Å²) in [7, 11) is 1.94. The van der Waals surface area contributed by atoms with Gasteiger partial charge in [-0.2, -0.15) is 0 Å². The number of rotatable bonds is 6. The molecule has 108 valence electrons. The first-order valence-electron chi connectivity index (χ1n) is 6.71. The lowest BCUT2D eigenvalue weighted by Crippen LogP contribution is -2.40. The van der Waals surface area contributed by atoms with Crippen molar-refractivity contribution >= 4 is 11.6 Å². The van der Waals surface area contributed by atoms with Crippen LogP contribution in [0.4, 0.5) is 11.6 Å². The van der Waals surface area contributed by atoms with Crippen molar-refractivity contribution in [3.8, 4) is 0 Å². The Labute approximate surface area is 116 Å². The Bertz CT molecular complexity index is 395. The maximum atomic E-state index is 4.26. The van der Waals surface area contributed by atoms with E-state index in [1.54, 1.807) is 6.33 Å². The molecule has 0 saturated carbocycles. The number of anilines is 2. The fraction of sp³-hybridized carbons (Fsp3) is 0.714. The molecule has 0 unspecified atom stereocenters. The second kappa shape index (κ2) is 6.19. The zero-order chi connectivity index (χ0) is 14.5. The summed E-state index contributed by atoms with van der Waals surface area (Å²) in [4.78, 5) is 8.50. The highest BCUT2D eigenvalue weighted by Crippen LogP contribution is 2.17. The molecule has 1 aromatic rings. The van der Waals surface area contributed by atoms with Crippen molar-refractivity contribution < 1.29 is 0 Å². The Morgan fingerprint density at radius 1 is 1.00 bits per heavy atom. The van der Waals surface area contributed by atoms with Crippen molar-refractivity contribution in [2.45, 2.75) is 40.2 Å². The third-order valence-corrected chi connectivity index (χ3v) is 2.55. The van der Waals surface area contributed by atoms with Crippen LogP contribution in [0.25, 0.3) is 0 Å². The largest absolute Gasteiger partial charge is 0.369 e. The molecule has 5 nitrogen and oxygen atoms in total. The quantitative estimate of drug-likeness (QED) is 0.737. The third kappa shape index (κ3) is 6.38. The van der Waals surface area contributed by atoms with E-state index in [1.807, 2.05) is 13.1 Å². The normalized spacial score (nSPS) is 12.3. The van der Waals surface area contributed by atoms with E-state index in [0.29, 0.717) is 0 Å². The van der Waals surface area contributed by atoms with E-state index in [4.69, 9.17) is 0 Å². The van der Waals surface area contributed by atoms with Crippen molar-refractivity contribution in [3.05, 3.63) is 12.4 Å². The summed E-state index contributed by atoms with van der Waals surface area (Å²) in [5.74, 6) is 1.69. The van der Waals surface area contributed by atoms with E-state index >= 15 is 0 Å². The van der Waals surface area contributed by atoms with Crippen LogP contribution in [0.15, 0.2) is 12.4 Å². The minimum Gasteiger partial charge on any atom is -0.369 e. The van der Waals surface area contributed by atoms with Gasteiger partial charge in [0.25, 0.3) is 0 Å². The summed E-state index contributed by atoms with van der Waals surface area (Å²) >= 11 is 0. The van der Waals surface area contributed by atoms with Crippen molar-refractivity contribution in [1.29, 1.82) is 0 Å². The van der Waals surface area contributed by atoms with E-state index in [-0.39, 0.29) is 11.0 Å². The average Bonchev–Trinajstić information content (AvgIpc) is 2.25. The van der Waals surface area contributed by atoms with Crippen LogP contribution in [0.1, 0.15) is 34.6 Å². The molecule has 1 heterocycles. The maximum absolute atomic E-state index is 4.26. The first kappa shape index (κ1) is 15.7. The fourth-order valence-corrected chi connectivity index (χ4v) is 1.71. The zero-order valence-electron chi connectivity index (χ0n) is 13.0. The molecule has 0 spiro atoms. The lowest BCUT2D eigenvalue weighted by molar-refractivity contribution is 0.442. The van der Waals surface area contributed by atoms with Gasteiger partial charge in [-0.1, -0.05) is 20.8 Å². The molecule has 0 aliphatic heterocycles. The number of nitrogens with one attached hydrogen (secondary N) is 3. The van der Waals surface area contributed by atoms with Gasteiger partial charge in [0.05, 0.1) is 0 Å². The third-order valence-electron chi connectivity index (χ3n) is 2.55. The number of likely N-dealkylation sites (N-methyl/N-ethyl adjacent to an activating group) is 1. The molecule has 0 amide bonds. The van der Waals surface area contributed by atoms with Gasteiger partial charge in [0.1, 0.15) is 18.0 Å². The van der Waals surface area contributed by atoms with Gasteiger partial charge < -0.3 is 16.0 Å². The van der Waals surface area contributed by atoms with E-state index in [1.165, 1.54) is 0 Å². The molecule has 0 bridgehead atoms. The van der Waals surface area contributed by atoms with Gasteiger partial charge in [-0.15, -0.1) is 0 Å².